The largest absolute Gasteiger partial charge is 0.444 e. The van der Waals surface area contributed by atoms with E-state index < -0.39 is 15.9 Å². The number of aromatic nitrogens is 1. The van der Waals surface area contributed by atoms with Gasteiger partial charge in [-0.15, -0.1) is 0 Å². The number of pyridine rings is 1. The molecule has 0 radical (unpaired) electrons. The highest BCUT2D eigenvalue weighted by atomic mass is 32.2. The maximum atomic E-state index is 11.7. The first-order chi connectivity index (χ1) is 10.5. The molecule has 0 aliphatic heterocycles. The average molecular weight is 320 g/mol. The zero-order valence-corrected chi connectivity index (χ0v) is 12.8. The van der Waals surface area contributed by atoms with E-state index in [0.717, 1.165) is 5.56 Å². The number of hydrogen-bond acceptors (Lipinski definition) is 5. The molecule has 2 aromatic rings. The monoisotopic (exact) mass is 320 g/mol. The minimum Gasteiger partial charge on any atom is -0.444 e. The van der Waals surface area contributed by atoms with Crippen LogP contribution in [0.25, 0.3) is 0 Å². The van der Waals surface area contributed by atoms with Gasteiger partial charge in [0, 0.05) is 23.6 Å². The molecule has 7 heteroatoms. The van der Waals surface area contributed by atoms with Crippen LogP contribution in [0.2, 0.25) is 0 Å². The molecule has 1 aromatic carbocycles. The molecule has 0 fully saturated rings. The van der Waals surface area contributed by atoms with E-state index >= 15 is 0 Å². The number of ether oxygens (including phenoxy) is 1. The first kappa shape index (κ1) is 16.0. The van der Waals surface area contributed by atoms with E-state index in [1.165, 1.54) is 24.3 Å². The molecule has 6 nitrogen and oxygen atoms in total. The van der Waals surface area contributed by atoms with Crippen molar-refractivity contribution in [3.05, 3.63) is 54.4 Å². The van der Waals surface area contributed by atoms with Gasteiger partial charge in [-0.25, -0.2) is 13.2 Å². The SMILES string of the molecule is CCS(=O)(=O)c1ccc(NC(=O)OCc2cccnc2)cc1. The highest BCUT2D eigenvalue weighted by molar-refractivity contribution is 7.91. The Morgan fingerprint density at radius 1 is 1.23 bits per heavy atom. The number of carbonyl (C=O) groups is 1. The molecule has 2 rings (SSSR count). The Balaban J connectivity index is 1.92. The van der Waals surface area contributed by atoms with Crippen LogP contribution in [0.15, 0.2) is 53.7 Å². The molecule has 22 heavy (non-hydrogen) atoms. The van der Waals surface area contributed by atoms with E-state index in [9.17, 15) is 13.2 Å². The van der Waals surface area contributed by atoms with Crippen molar-refractivity contribution < 1.29 is 17.9 Å². The predicted octanol–water partition coefficient (Wildman–Crippen LogP) is 2.62. The van der Waals surface area contributed by atoms with Crippen LogP contribution in [0.4, 0.5) is 10.5 Å². The van der Waals surface area contributed by atoms with Gasteiger partial charge < -0.3 is 4.74 Å². The van der Waals surface area contributed by atoms with Gasteiger partial charge in [-0.2, -0.15) is 0 Å². The summed E-state index contributed by atoms with van der Waals surface area (Å²) in [5, 5.41) is 2.53. The van der Waals surface area contributed by atoms with Crippen molar-refractivity contribution in [2.24, 2.45) is 0 Å². The Kier molecular flexibility index (Phi) is 5.11. The van der Waals surface area contributed by atoms with Crippen molar-refractivity contribution in [2.75, 3.05) is 11.1 Å². The van der Waals surface area contributed by atoms with E-state index in [0.29, 0.717) is 5.69 Å². The highest BCUT2D eigenvalue weighted by Crippen LogP contribution is 2.15. The lowest BCUT2D eigenvalue weighted by Crippen LogP contribution is -2.13. The summed E-state index contributed by atoms with van der Waals surface area (Å²) in [4.78, 5) is 15.8. The fourth-order valence-corrected chi connectivity index (χ4v) is 2.58. The van der Waals surface area contributed by atoms with Crippen LogP contribution in [0, 0.1) is 0 Å². The summed E-state index contributed by atoms with van der Waals surface area (Å²) in [6, 6.07) is 9.50. The van der Waals surface area contributed by atoms with E-state index in [4.69, 9.17) is 4.74 Å². The van der Waals surface area contributed by atoms with Gasteiger partial charge >= 0.3 is 6.09 Å². The van der Waals surface area contributed by atoms with Gasteiger partial charge in [0.05, 0.1) is 10.6 Å². The second-order valence-electron chi connectivity index (χ2n) is 4.49. The Morgan fingerprint density at radius 2 is 1.95 bits per heavy atom. The van der Waals surface area contributed by atoms with E-state index in [1.807, 2.05) is 0 Å². The zero-order chi connectivity index (χ0) is 16.0. The number of amides is 1. The Labute approximate surface area is 129 Å². The number of benzene rings is 1. The van der Waals surface area contributed by atoms with Crippen LogP contribution in [0.5, 0.6) is 0 Å². The van der Waals surface area contributed by atoms with Crippen LogP contribution in [0.3, 0.4) is 0 Å². The highest BCUT2D eigenvalue weighted by Gasteiger charge is 2.11. The number of hydrogen-bond donors (Lipinski definition) is 1. The third kappa shape index (κ3) is 4.29. The fraction of sp³-hybridized carbons (Fsp3) is 0.200. The summed E-state index contributed by atoms with van der Waals surface area (Å²) in [6.45, 7) is 1.69. The normalized spacial score (nSPS) is 11.0. The van der Waals surface area contributed by atoms with Gasteiger partial charge in [-0.1, -0.05) is 13.0 Å². The Bertz CT molecular complexity index is 728. The molecule has 0 saturated carbocycles. The minimum atomic E-state index is -3.24. The van der Waals surface area contributed by atoms with Crippen molar-refractivity contribution in [1.82, 2.24) is 4.98 Å². The van der Waals surface area contributed by atoms with Crippen molar-refractivity contribution >= 4 is 21.6 Å². The number of carbonyl (C=O) groups excluding carboxylic acids is 1. The summed E-state index contributed by atoms with van der Waals surface area (Å²) < 4.78 is 28.4. The number of nitrogens with one attached hydrogen (secondary N) is 1. The third-order valence-corrected chi connectivity index (χ3v) is 4.68. The fourth-order valence-electron chi connectivity index (χ4n) is 1.70. The number of rotatable bonds is 5. The first-order valence-electron chi connectivity index (χ1n) is 6.67. The Hall–Kier alpha value is -2.41. The molecule has 1 aromatic heterocycles. The molecule has 1 N–H and O–H groups in total. The molecule has 0 unspecified atom stereocenters. The zero-order valence-electron chi connectivity index (χ0n) is 12.0. The van der Waals surface area contributed by atoms with Crippen LogP contribution in [-0.4, -0.2) is 25.2 Å². The second kappa shape index (κ2) is 7.04. The molecule has 0 bridgehead atoms. The quantitative estimate of drug-likeness (QED) is 0.915. The average Bonchev–Trinajstić information content (AvgIpc) is 2.54. The molecule has 1 amide bonds. The number of nitrogens with zero attached hydrogens (tertiary/aromatic N) is 1. The molecular weight excluding hydrogens is 304 g/mol. The van der Waals surface area contributed by atoms with Gasteiger partial charge in [0.1, 0.15) is 6.61 Å². The lowest BCUT2D eigenvalue weighted by molar-refractivity contribution is 0.155. The van der Waals surface area contributed by atoms with Crippen molar-refractivity contribution in [3.8, 4) is 0 Å². The molecule has 0 aliphatic carbocycles. The topological polar surface area (TPSA) is 85.4 Å². The van der Waals surface area contributed by atoms with E-state index in [-0.39, 0.29) is 17.3 Å². The molecular formula is C15H16N2O4S. The second-order valence-corrected chi connectivity index (χ2v) is 6.77. The van der Waals surface area contributed by atoms with Crippen LogP contribution >= 0.6 is 0 Å². The standard InChI is InChI=1S/C15H16N2O4S/c1-2-22(19,20)14-7-5-13(6-8-14)17-15(18)21-11-12-4-3-9-16-10-12/h3-10H,2,11H2,1H3,(H,17,18). The van der Waals surface area contributed by atoms with Gasteiger partial charge in [-0.05, 0) is 30.3 Å². The van der Waals surface area contributed by atoms with Crippen LogP contribution in [-0.2, 0) is 21.2 Å². The van der Waals surface area contributed by atoms with Crippen molar-refractivity contribution in [2.45, 2.75) is 18.4 Å². The summed E-state index contributed by atoms with van der Waals surface area (Å²) in [5.74, 6) is 0.0347. The molecule has 0 saturated heterocycles. The summed E-state index contributed by atoms with van der Waals surface area (Å²) in [6.07, 6.45) is 2.63. The molecule has 116 valence electrons. The lowest BCUT2D eigenvalue weighted by atomic mass is 10.3. The summed E-state index contributed by atoms with van der Waals surface area (Å²) in [5.41, 5.74) is 1.24. The third-order valence-electron chi connectivity index (χ3n) is 2.93. The van der Waals surface area contributed by atoms with Crippen LogP contribution < -0.4 is 5.32 Å². The molecule has 0 spiro atoms. The Morgan fingerprint density at radius 3 is 2.55 bits per heavy atom. The molecule has 0 atom stereocenters. The first-order valence-corrected chi connectivity index (χ1v) is 8.32. The maximum Gasteiger partial charge on any atom is 0.411 e. The van der Waals surface area contributed by atoms with Gasteiger partial charge in [0.2, 0.25) is 0 Å². The summed E-state index contributed by atoms with van der Waals surface area (Å²) >= 11 is 0. The molecule has 0 aliphatic rings. The smallest absolute Gasteiger partial charge is 0.411 e. The van der Waals surface area contributed by atoms with Crippen LogP contribution in [0.1, 0.15) is 12.5 Å². The van der Waals surface area contributed by atoms with E-state index in [2.05, 4.69) is 10.3 Å². The number of sulfone groups is 1. The van der Waals surface area contributed by atoms with Crippen molar-refractivity contribution in [3.63, 3.8) is 0 Å². The summed E-state index contributed by atoms with van der Waals surface area (Å²) in [7, 11) is -3.24. The van der Waals surface area contributed by atoms with Gasteiger partial charge in [-0.3, -0.25) is 10.3 Å². The molecule has 1 heterocycles. The minimum absolute atomic E-state index is 0.0347. The van der Waals surface area contributed by atoms with Crippen molar-refractivity contribution in [1.29, 1.82) is 0 Å². The van der Waals surface area contributed by atoms with E-state index in [1.54, 1.807) is 31.5 Å². The maximum absolute atomic E-state index is 11.7. The number of anilines is 1. The predicted molar refractivity (Wildman–Crippen MR) is 82.2 cm³/mol. The lowest BCUT2D eigenvalue weighted by Gasteiger charge is -2.07. The van der Waals surface area contributed by atoms with Gasteiger partial charge in [0.25, 0.3) is 0 Å². The van der Waals surface area contributed by atoms with Gasteiger partial charge in [0.15, 0.2) is 9.84 Å².